The molecule has 6 nitrogen and oxygen atoms in total. The molecule has 130 valence electrons. The molecule has 1 amide bonds. The fourth-order valence-corrected chi connectivity index (χ4v) is 4.88. The van der Waals surface area contributed by atoms with Crippen molar-refractivity contribution in [3.05, 3.63) is 18.2 Å². The maximum absolute atomic E-state index is 12.5. The first-order valence-corrected chi connectivity index (χ1v) is 9.82. The highest BCUT2D eigenvalue weighted by molar-refractivity contribution is 8.01. The van der Waals surface area contributed by atoms with Gasteiger partial charge in [0.1, 0.15) is 0 Å². The summed E-state index contributed by atoms with van der Waals surface area (Å²) in [6.45, 7) is 0. The Morgan fingerprint density at radius 2 is 2.12 bits per heavy atom. The van der Waals surface area contributed by atoms with E-state index < -0.39 is 17.8 Å². The Hall–Kier alpha value is -2.11. The molecule has 0 spiro atoms. The molecule has 1 fully saturated rings. The molecule has 0 saturated heterocycles. The Morgan fingerprint density at radius 3 is 2.84 bits per heavy atom. The number of hydrogen-bond donors (Lipinski definition) is 2. The first-order chi connectivity index (χ1) is 12.1. The summed E-state index contributed by atoms with van der Waals surface area (Å²) in [6, 6.07) is 7.52. The highest BCUT2D eigenvalue weighted by atomic mass is 32.2. The van der Waals surface area contributed by atoms with E-state index in [1.165, 1.54) is 23.1 Å². The summed E-state index contributed by atoms with van der Waals surface area (Å²) < 4.78 is 1.75. The first kappa shape index (κ1) is 17.7. The number of carboxylic acid groups (broad SMARTS) is 1. The number of nitrogens with zero attached hydrogens (tertiary/aromatic N) is 2. The van der Waals surface area contributed by atoms with Gasteiger partial charge in [0.25, 0.3) is 0 Å². The van der Waals surface area contributed by atoms with E-state index in [1.54, 1.807) is 6.07 Å². The van der Waals surface area contributed by atoms with Crippen LogP contribution in [-0.4, -0.2) is 27.7 Å². The normalized spacial score (nSPS) is 20.1. The number of fused-ring (bicyclic) bond motifs is 1. The van der Waals surface area contributed by atoms with Gasteiger partial charge in [-0.05, 0) is 31.0 Å². The minimum atomic E-state index is -0.892. The second-order valence-corrected chi connectivity index (χ2v) is 8.19. The molecule has 3 rings (SSSR count). The summed E-state index contributed by atoms with van der Waals surface area (Å²) in [5.41, 5.74) is 1.47. The lowest BCUT2D eigenvalue weighted by atomic mass is 9.78. The van der Waals surface area contributed by atoms with Crippen LogP contribution in [0.5, 0.6) is 0 Å². The van der Waals surface area contributed by atoms with Crippen molar-refractivity contribution in [2.75, 3.05) is 11.1 Å². The molecular weight excluding hydrogens is 358 g/mol. The van der Waals surface area contributed by atoms with Crippen molar-refractivity contribution in [1.29, 1.82) is 5.26 Å². The molecule has 1 saturated carbocycles. The van der Waals surface area contributed by atoms with E-state index in [0.717, 1.165) is 27.4 Å². The maximum Gasteiger partial charge on any atom is 0.307 e. The average Bonchev–Trinajstić information content (AvgIpc) is 3.02. The summed E-state index contributed by atoms with van der Waals surface area (Å²) in [7, 11) is 0. The number of nitrogens with one attached hydrogen (secondary N) is 1. The predicted molar refractivity (Wildman–Crippen MR) is 97.7 cm³/mol. The molecule has 2 aromatic rings. The zero-order valence-electron chi connectivity index (χ0n) is 13.4. The van der Waals surface area contributed by atoms with E-state index in [4.69, 9.17) is 5.26 Å². The van der Waals surface area contributed by atoms with Crippen molar-refractivity contribution in [2.24, 2.45) is 11.8 Å². The molecule has 1 aromatic carbocycles. The lowest BCUT2D eigenvalue weighted by Gasteiger charge is -2.27. The number of carboxylic acids is 1. The van der Waals surface area contributed by atoms with Crippen molar-refractivity contribution in [3.8, 4) is 6.07 Å². The molecule has 0 radical (unpaired) electrons. The molecule has 25 heavy (non-hydrogen) atoms. The minimum absolute atomic E-state index is 0.227. The van der Waals surface area contributed by atoms with Gasteiger partial charge in [-0.15, -0.1) is 11.3 Å². The fourth-order valence-electron chi connectivity index (χ4n) is 3.11. The number of carbonyl (C=O) groups excluding carboxylic acids is 1. The van der Waals surface area contributed by atoms with Crippen LogP contribution in [0.15, 0.2) is 22.5 Å². The van der Waals surface area contributed by atoms with Crippen LogP contribution < -0.4 is 5.32 Å². The van der Waals surface area contributed by atoms with Crippen LogP contribution in [-0.2, 0) is 9.59 Å². The van der Waals surface area contributed by atoms with Gasteiger partial charge in [0, 0.05) is 5.69 Å². The molecule has 2 atom stereocenters. The van der Waals surface area contributed by atoms with E-state index >= 15 is 0 Å². The Bertz CT molecular complexity index is 843. The number of rotatable bonds is 5. The maximum atomic E-state index is 12.5. The van der Waals surface area contributed by atoms with Gasteiger partial charge in [0.05, 0.1) is 33.9 Å². The largest absolute Gasteiger partial charge is 0.481 e. The lowest BCUT2D eigenvalue weighted by Crippen LogP contribution is -2.36. The van der Waals surface area contributed by atoms with Crippen LogP contribution in [0.1, 0.15) is 25.7 Å². The van der Waals surface area contributed by atoms with Gasteiger partial charge >= 0.3 is 5.97 Å². The Morgan fingerprint density at radius 1 is 1.36 bits per heavy atom. The smallest absolute Gasteiger partial charge is 0.307 e. The van der Waals surface area contributed by atoms with E-state index in [9.17, 15) is 14.7 Å². The molecular formula is C17H17N3O3S2. The van der Waals surface area contributed by atoms with Gasteiger partial charge < -0.3 is 10.4 Å². The quantitative estimate of drug-likeness (QED) is 0.772. The van der Waals surface area contributed by atoms with Crippen LogP contribution in [0.2, 0.25) is 0 Å². The number of benzene rings is 1. The van der Waals surface area contributed by atoms with Gasteiger partial charge in [0.2, 0.25) is 5.91 Å². The molecule has 1 heterocycles. The number of carbonyl (C=O) groups is 2. The van der Waals surface area contributed by atoms with Crippen molar-refractivity contribution in [2.45, 2.75) is 30.0 Å². The second-order valence-electron chi connectivity index (χ2n) is 5.93. The van der Waals surface area contributed by atoms with Crippen LogP contribution in [0.25, 0.3) is 10.2 Å². The van der Waals surface area contributed by atoms with Crippen LogP contribution in [0.3, 0.4) is 0 Å². The molecule has 0 bridgehead atoms. The van der Waals surface area contributed by atoms with Crippen molar-refractivity contribution in [3.63, 3.8) is 0 Å². The Labute approximate surface area is 153 Å². The average molecular weight is 375 g/mol. The van der Waals surface area contributed by atoms with Gasteiger partial charge in [-0.3, -0.25) is 9.59 Å². The molecule has 1 aliphatic carbocycles. The van der Waals surface area contributed by atoms with Gasteiger partial charge in [0.15, 0.2) is 4.34 Å². The van der Waals surface area contributed by atoms with E-state index in [1.807, 2.05) is 12.1 Å². The van der Waals surface area contributed by atoms with Crippen LogP contribution in [0, 0.1) is 23.2 Å². The standard InChI is InChI=1S/C17H17N3O3S2/c18-7-8-24-17-20-13-6-5-10(9-14(13)25-17)19-15(21)11-3-1-2-4-12(11)16(22)23/h5-6,9,11-12H,1-4,8H2,(H,19,21)(H,22,23)/t11-,12+/m1/s1. The molecule has 1 aromatic heterocycles. The summed E-state index contributed by atoms with van der Waals surface area (Å²) in [5, 5.41) is 20.8. The van der Waals surface area contributed by atoms with Crippen molar-refractivity contribution < 1.29 is 14.7 Å². The summed E-state index contributed by atoms with van der Waals surface area (Å²) in [5.74, 6) is -1.85. The van der Waals surface area contributed by atoms with E-state index in [0.29, 0.717) is 24.3 Å². The number of nitriles is 1. The van der Waals surface area contributed by atoms with E-state index in [-0.39, 0.29) is 5.91 Å². The predicted octanol–water partition coefficient (Wildman–Crippen LogP) is 3.74. The first-order valence-electron chi connectivity index (χ1n) is 8.02. The highest BCUT2D eigenvalue weighted by Crippen LogP contribution is 2.33. The van der Waals surface area contributed by atoms with Crippen LogP contribution in [0.4, 0.5) is 5.69 Å². The monoisotopic (exact) mass is 375 g/mol. The molecule has 0 unspecified atom stereocenters. The Kier molecular flexibility index (Phi) is 5.56. The Balaban J connectivity index is 1.74. The van der Waals surface area contributed by atoms with Crippen molar-refractivity contribution >= 4 is 50.9 Å². The SMILES string of the molecule is N#CCSc1nc2ccc(NC(=O)[C@@H]3CCCC[C@@H]3C(=O)O)cc2s1. The number of thioether (sulfide) groups is 1. The number of aromatic nitrogens is 1. The number of hydrogen-bond acceptors (Lipinski definition) is 6. The number of amides is 1. The lowest BCUT2D eigenvalue weighted by molar-refractivity contribution is -0.147. The fraction of sp³-hybridized carbons (Fsp3) is 0.412. The minimum Gasteiger partial charge on any atom is -0.481 e. The number of anilines is 1. The topological polar surface area (TPSA) is 103 Å². The number of aliphatic carboxylic acids is 1. The van der Waals surface area contributed by atoms with Crippen LogP contribution >= 0.6 is 23.1 Å². The zero-order chi connectivity index (χ0) is 17.8. The highest BCUT2D eigenvalue weighted by Gasteiger charge is 2.35. The third-order valence-corrected chi connectivity index (χ3v) is 6.34. The second kappa shape index (κ2) is 7.85. The van der Waals surface area contributed by atoms with Gasteiger partial charge in [-0.1, -0.05) is 24.6 Å². The molecule has 0 aliphatic heterocycles. The molecule has 1 aliphatic rings. The van der Waals surface area contributed by atoms with Crippen molar-refractivity contribution in [1.82, 2.24) is 4.98 Å². The van der Waals surface area contributed by atoms with Gasteiger partial charge in [-0.2, -0.15) is 5.26 Å². The molecule has 2 N–H and O–H groups in total. The zero-order valence-corrected chi connectivity index (χ0v) is 15.0. The summed E-state index contributed by atoms with van der Waals surface area (Å²) in [4.78, 5) is 28.3. The number of thiazole rings is 1. The van der Waals surface area contributed by atoms with Gasteiger partial charge in [-0.25, -0.2) is 4.98 Å². The summed E-state index contributed by atoms with van der Waals surface area (Å²) >= 11 is 2.86. The van der Waals surface area contributed by atoms with E-state index in [2.05, 4.69) is 16.4 Å². The third kappa shape index (κ3) is 4.11. The molecule has 8 heteroatoms. The third-order valence-electron chi connectivity index (χ3n) is 4.32. The summed E-state index contributed by atoms with van der Waals surface area (Å²) in [6.07, 6.45) is 2.91.